The predicted octanol–water partition coefficient (Wildman–Crippen LogP) is 16.4. The molecule has 2 nitrogen and oxygen atoms in total. The second-order valence-electron chi connectivity index (χ2n) is 12.7. The molecular weight excluding hydrogens is 689 g/mol. The molecule has 0 fully saturated rings. The molecule has 0 N–H and O–H groups in total. The molecule has 57 heavy (non-hydrogen) atoms. The number of anilines is 3. The minimum atomic E-state index is -0.368. The van der Waals surface area contributed by atoms with Gasteiger partial charge in [0.1, 0.15) is 0 Å². The molecule has 302 valence electrons. The van der Waals surface area contributed by atoms with Crippen molar-refractivity contribution in [2.75, 3.05) is 29.9 Å². The molecule has 0 aromatic heterocycles. The lowest BCUT2D eigenvalue weighted by molar-refractivity contribution is 0.791. The van der Waals surface area contributed by atoms with Crippen molar-refractivity contribution in [1.29, 1.82) is 0 Å². The van der Waals surface area contributed by atoms with Gasteiger partial charge < -0.3 is 9.80 Å². The van der Waals surface area contributed by atoms with Gasteiger partial charge in [0.25, 0.3) is 0 Å². The van der Waals surface area contributed by atoms with E-state index in [1.807, 2.05) is 83.1 Å². The summed E-state index contributed by atoms with van der Waals surface area (Å²) in [7, 11) is 2.20. The van der Waals surface area contributed by atoms with Crippen LogP contribution in [-0.2, 0) is 11.8 Å². The van der Waals surface area contributed by atoms with E-state index in [4.69, 9.17) is 0 Å². The average Bonchev–Trinajstić information content (AvgIpc) is 3.94. The highest BCUT2D eigenvalue weighted by Crippen LogP contribution is 2.63. The van der Waals surface area contributed by atoms with Crippen LogP contribution in [0.1, 0.15) is 130 Å². The fourth-order valence-corrected chi connectivity index (χ4v) is 8.59. The van der Waals surface area contributed by atoms with Crippen molar-refractivity contribution < 1.29 is 0 Å². The third kappa shape index (κ3) is 7.94. The molecule has 0 unspecified atom stereocenters. The average molecular weight is 761 g/mol. The minimum absolute atomic E-state index is 0.368. The summed E-state index contributed by atoms with van der Waals surface area (Å²) in [5.41, 5.74) is 20.0. The molecule has 3 aliphatic carbocycles. The summed E-state index contributed by atoms with van der Waals surface area (Å²) in [6.07, 6.45) is 0.979. The van der Waals surface area contributed by atoms with Gasteiger partial charge >= 0.3 is 0 Å². The molecular formula is C55H72N2. The van der Waals surface area contributed by atoms with Crippen LogP contribution in [0.25, 0.3) is 33.4 Å². The summed E-state index contributed by atoms with van der Waals surface area (Å²) in [5.74, 6) is 0. The third-order valence-electron chi connectivity index (χ3n) is 10.7. The molecule has 0 aliphatic heterocycles. The maximum absolute atomic E-state index is 2.53. The highest BCUT2D eigenvalue weighted by Gasteiger charge is 2.52. The van der Waals surface area contributed by atoms with Gasteiger partial charge in [0, 0.05) is 43.6 Å². The van der Waals surface area contributed by atoms with E-state index >= 15 is 0 Å². The predicted molar refractivity (Wildman–Crippen MR) is 257 cm³/mol. The van der Waals surface area contributed by atoms with Crippen molar-refractivity contribution in [2.45, 2.75) is 109 Å². The van der Waals surface area contributed by atoms with Gasteiger partial charge in [-0.25, -0.2) is 0 Å². The standard InChI is InChI=1S/C43H36N2.6C2H6/c1-4-44(3)29-21-23-35-36-24-22-30(45(5-2)42-20-12-17-32-31-14-7-6-13-28(31)25-37(32)42)27-41(36)43(40(35)26-29)38-18-10-8-15-33(38)34-16-9-11-19-39(34)43;6*1-2/h6-24,26-27H,4-5,25H2,1-3H3;6*1-2H3. The van der Waals surface area contributed by atoms with Crippen molar-refractivity contribution in [3.63, 3.8) is 0 Å². The van der Waals surface area contributed by atoms with Crippen LogP contribution in [-0.4, -0.2) is 20.1 Å². The number of hydrogen-bond acceptors (Lipinski definition) is 2. The molecule has 0 atom stereocenters. The topological polar surface area (TPSA) is 6.48 Å². The van der Waals surface area contributed by atoms with Gasteiger partial charge in [-0.05, 0) is 111 Å². The van der Waals surface area contributed by atoms with Crippen LogP contribution in [0.5, 0.6) is 0 Å². The Morgan fingerprint density at radius 1 is 0.421 bits per heavy atom. The second-order valence-corrected chi connectivity index (χ2v) is 12.7. The number of hydrogen-bond donors (Lipinski definition) is 0. The fourth-order valence-electron chi connectivity index (χ4n) is 8.59. The lowest BCUT2D eigenvalue weighted by atomic mass is 9.70. The molecule has 9 rings (SSSR count). The zero-order valence-electron chi connectivity index (χ0n) is 38.1. The van der Waals surface area contributed by atoms with Crippen LogP contribution in [0.4, 0.5) is 17.1 Å². The minimum Gasteiger partial charge on any atom is -0.375 e. The van der Waals surface area contributed by atoms with E-state index in [2.05, 4.69) is 158 Å². The van der Waals surface area contributed by atoms with Crippen molar-refractivity contribution in [3.05, 3.63) is 161 Å². The highest BCUT2D eigenvalue weighted by atomic mass is 15.1. The zero-order chi connectivity index (χ0) is 42.3. The molecule has 0 saturated heterocycles. The van der Waals surface area contributed by atoms with Crippen molar-refractivity contribution >= 4 is 17.1 Å². The van der Waals surface area contributed by atoms with Gasteiger partial charge in [0.15, 0.2) is 0 Å². The smallest absolute Gasteiger partial charge is 0.0727 e. The number of benzene rings is 6. The largest absolute Gasteiger partial charge is 0.375 e. The molecule has 1 spiro atoms. The molecule has 2 heteroatoms. The molecule has 6 aromatic rings. The van der Waals surface area contributed by atoms with Gasteiger partial charge in [-0.2, -0.15) is 0 Å². The Balaban J connectivity index is 0.000000668. The number of rotatable bonds is 5. The Hall–Kier alpha value is -5.08. The van der Waals surface area contributed by atoms with E-state index in [9.17, 15) is 0 Å². The third-order valence-corrected chi connectivity index (χ3v) is 10.7. The quantitative estimate of drug-likeness (QED) is 0.172. The first-order chi connectivity index (χ1) is 28.1. The Bertz CT molecular complexity index is 2110. The summed E-state index contributed by atoms with van der Waals surface area (Å²) >= 11 is 0. The van der Waals surface area contributed by atoms with Crippen molar-refractivity contribution in [2.24, 2.45) is 0 Å². The molecule has 0 heterocycles. The van der Waals surface area contributed by atoms with Crippen LogP contribution in [0, 0.1) is 0 Å². The van der Waals surface area contributed by atoms with Gasteiger partial charge in [-0.15, -0.1) is 0 Å². The maximum atomic E-state index is 2.53. The normalized spacial score (nSPS) is 11.6. The Morgan fingerprint density at radius 2 is 0.860 bits per heavy atom. The molecule has 0 saturated carbocycles. The van der Waals surface area contributed by atoms with E-state index in [0.29, 0.717) is 0 Å². The second kappa shape index (κ2) is 22.0. The summed E-state index contributed by atoms with van der Waals surface area (Å²) in [6, 6.07) is 48.3. The van der Waals surface area contributed by atoms with Crippen molar-refractivity contribution in [1.82, 2.24) is 0 Å². The number of fused-ring (bicyclic) bond motifs is 13. The Morgan fingerprint density at radius 3 is 1.39 bits per heavy atom. The first-order valence-corrected chi connectivity index (χ1v) is 22.3. The Labute approximate surface area is 348 Å². The van der Waals surface area contributed by atoms with Crippen LogP contribution < -0.4 is 9.80 Å². The van der Waals surface area contributed by atoms with E-state index in [0.717, 1.165) is 19.5 Å². The lowest BCUT2D eigenvalue weighted by Crippen LogP contribution is -2.27. The van der Waals surface area contributed by atoms with Gasteiger partial charge in [0.05, 0.1) is 5.41 Å². The van der Waals surface area contributed by atoms with Crippen LogP contribution in [0.2, 0.25) is 0 Å². The lowest BCUT2D eigenvalue weighted by Gasteiger charge is -2.33. The highest BCUT2D eigenvalue weighted by molar-refractivity contribution is 5.96. The zero-order valence-corrected chi connectivity index (χ0v) is 38.1. The van der Waals surface area contributed by atoms with E-state index in [1.54, 1.807) is 0 Å². The Kier molecular flexibility index (Phi) is 17.9. The SMILES string of the molecule is CC.CC.CC.CC.CC.CC.CCN(C)c1ccc2c(c1)C1(c3ccccc3-c3ccccc31)c1cc(N(CC)c3cccc4c3Cc3ccccc3-4)ccc1-2. The van der Waals surface area contributed by atoms with Gasteiger partial charge in [0.2, 0.25) is 0 Å². The molecule has 6 aromatic carbocycles. The van der Waals surface area contributed by atoms with Gasteiger partial charge in [-0.1, -0.05) is 180 Å². The first-order valence-electron chi connectivity index (χ1n) is 22.3. The van der Waals surface area contributed by atoms with Crippen LogP contribution in [0.15, 0.2) is 127 Å². The maximum Gasteiger partial charge on any atom is 0.0727 e. The molecule has 0 amide bonds. The number of nitrogens with zero attached hydrogens (tertiary/aromatic N) is 2. The summed E-state index contributed by atoms with van der Waals surface area (Å²) in [4.78, 5) is 4.88. The van der Waals surface area contributed by atoms with E-state index in [1.165, 1.54) is 83.8 Å². The van der Waals surface area contributed by atoms with Crippen molar-refractivity contribution in [3.8, 4) is 33.4 Å². The van der Waals surface area contributed by atoms with E-state index in [-0.39, 0.29) is 5.41 Å². The molecule has 3 aliphatic rings. The van der Waals surface area contributed by atoms with Gasteiger partial charge in [-0.3, -0.25) is 0 Å². The summed E-state index contributed by atoms with van der Waals surface area (Å²) in [5, 5.41) is 0. The van der Waals surface area contributed by atoms with Crippen LogP contribution in [0.3, 0.4) is 0 Å². The summed E-state index contributed by atoms with van der Waals surface area (Å²) < 4.78 is 0. The monoisotopic (exact) mass is 761 g/mol. The fraction of sp³-hybridized carbons (Fsp3) is 0.345. The first kappa shape index (κ1) is 46.3. The summed E-state index contributed by atoms with van der Waals surface area (Å²) in [6.45, 7) is 30.4. The molecule has 0 radical (unpaired) electrons. The van der Waals surface area contributed by atoms with E-state index < -0.39 is 0 Å². The molecule has 0 bridgehead atoms. The van der Waals surface area contributed by atoms with Crippen LogP contribution >= 0.6 is 0 Å².